The second-order valence-electron chi connectivity index (χ2n) is 3.77. The Hall–Kier alpha value is -1.39. The Labute approximate surface area is 106 Å². The highest BCUT2D eigenvalue weighted by Crippen LogP contribution is 2.16. The third-order valence-electron chi connectivity index (χ3n) is 2.37. The largest absolute Gasteiger partial charge is 0.245 e. The van der Waals surface area contributed by atoms with Gasteiger partial charge in [0.2, 0.25) is 0 Å². The van der Waals surface area contributed by atoms with Crippen molar-refractivity contribution in [2.24, 2.45) is 0 Å². The molecule has 88 valence electrons. The van der Waals surface area contributed by atoms with E-state index in [2.05, 4.69) is 0 Å². The summed E-state index contributed by atoms with van der Waals surface area (Å²) in [5, 5.41) is 5.39. The average Bonchev–Trinajstić information content (AvgIpc) is 2.80. The lowest BCUT2D eigenvalue weighted by atomic mass is 10.2. The number of thiophene rings is 1. The van der Waals surface area contributed by atoms with Crippen molar-refractivity contribution in [3.63, 3.8) is 0 Å². The van der Waals surface area contributed by atoms with Gasteiger partial charge in [-0.2, -0.15) is 11.3 Å². The monoisotopic (exact) mass is 263 g/mol. The van der Waals surface area contributed by atoms with Crippen LogP contribution in [0.3, 0.4) is 0 Å². The molecule has 1 atom stereocenters. The van der Waals surface area contributed by atoms with Crippen LogP contribution in [0.25, 0.3) is 6.08 Å². The number of nitrogens with one attached hydrogen (secondary N) is 1. The van der Waals surface area contributed by atoms with Crippen molar-refractivity contribution < 1.29 is 4.21 Å². The zero-order chi connectivity index (χ0) is 12.3. The first-order valence-corrected chi connectivity index (χ1v) is 7.70. The fraction of sp³-hybridized carbons (Fsp3) is 0.0769. The van der Waals surface area contributed by atoms with Crippen LogP contribution in [0, 0.1) is 11.7 Å². The summed E-state index contributed by atoms with van der Waals surface area (Å²) in [5.41, 5.74) is 2.09. The maximum Gasteiger partial charge on any atom is 0.0943 e. The Morgan fingerprint density at radius 1 is 1.24 bits per heavy atom. The van der Waals surface area contributed by atoms with Gasteiger partial charge in [0.15, 0.2) is 0 Å². The van der Waals surface area contributed by atoms with Crippen LogP contribution in [0.1, 0.15) is 11.1 Å². The van der Waals surface area contributed by atoms with Crippen LogP contribution in [0.5, 0.6) is 0 Å². The summed E-state index contributed by atoms with van der Waals surface area (Å²) < 4.78 is 20.1. The molecule has 2 nitrogen and oxygen atoms in total. The van der Waals surface area contributed by atoms with Crippen LogP contribution in [0.15, 0.2) is 51.4 Å². The minimum absolute atomic E-state index is 0.551. The summed E-state index contributed by atoms with van der Waals surface area (Å²) in [7, 11) is -2.83. The maximum atomic E-state index is 12.2. The van der Waals surface area contributed by atoms with Gasteiger partial charge >= 0.3 is 0 Å². The molecule has 17 heavy (non-hydrogen) atoms. The summed E-state index contributed by atoms with van der Waals surface area (Å²) in [6, 6.07) is 9.20. The first-order chi connectivity index (χ1) is 8.08. The molecule has 1 aromatic carbocycles. The number of benzene rings is 1. The highest BCUT2D eigenvalue weighted by molar-refractivity contribution is 7.95. The van der Waals surface area contributed by atoms with Gasteiger partial charge < -0.3 is 0 Å². The Kier molecular flexibility index (Phi) is 3.45. The van der Waals surface area contributed by atoms with E-state index in [9.17, 15) is 4.21 Å². The van der Waals surface area contributed by atoms with Gasteiger partial charge in [0.05, 0.1) is 14.6 Å². The molecule has 0 saturated heterocycles. The van der Waals surface area contributed by atoms with E-state index < -0.39 is 9.73 Å². The van der Waals surface area contributed by atoms with Gasteiger partial charge in [-0.3, -0.25) is 0 Å². The molecule has 0 amide bonds. The van der Waals surface area contributed by atoms with Crippen LogP contribution in [0.2, 0.25) is 0 Å². The Balaban J connectivity index is 2.28. The molecule has 0 saturated carbocycles. The molecular formula is C13H13NOS2. The van der Waals surface area contributed by atoms with Crippen LogP contribution in [-0.4, -0.2) is 4.21 Å². The van der Waals surface area contributed by atoms with Crippen LogP contribution >= 0.6 is 11.3 Å². The van der Waals surface area contributed by atoms with Gasteiger partial charge in [0.1, 0.15) is 0 Å². The zero-order valence-corrected chi connectivity index (χ0v) is 11.1. The second-order valence-corrected chi connectivity index (χ2v) is 6.50. The van der Waals surface area contributed by atoms with Gasteiger partial charge in [0, 0.05) is 5.41 Å². The summed E-state index contributed by atoms with van der Waals surface area (Å²) in [6.07, 6.45) is 1.74. The molecule has 2 aromatic rings. The zero-order valence-electron chi connectivity index (χ0n) is 9.42. The molecule has 1 unspecified atom stereocenters. The van der Waals surface area contributed by atoms with Gasteiger partial charge in [-0.1, -0.05) is 17.7 Å². The van der Waals surface area contributed by atoms with E-state index in [1.54, 1.807) is 29.5 Å². The third kappa shape index (κ3) is 3.05. The molecular weight excluding hydrogens is 250 g/mol. The summed E-state index contributed by atoms with van der Waals surface area (Å²) in [6.45, 7) is 1.97. The van der Waals surface area contributed by atoms with E-state index in [-0.39, 0.29) is 0 Å². The molecule has 1 N–H and O–H groups in total. The smallest absolute Gasteiger partial charge is 0.0943 e. The summed E-state index contributed by atoms with van der Waals surface area (Å²) in [5.74, 6) is 0. The van der Waals surface area contributed by atoms with Crippen LogP contribution in [-0.2, 0) is 9.73 Å². The quantitative estimate of drug-likeness (QED) is 0.888. The lowest BCUT2D eigenvalue weighted by Gasteiger charge is -2.02. The minimum Gasteiger partial charge on any atom is -0.245 e. The van der Waals surface area contributed by atoms with E-state index in [1.807, 2.05) is 35.9 Å². The van der Waals surface area contributed by atoms with E-state index in [4.69, 9.17) is 4.78 Å². The Morgan fingerprint density at radius 2 is 1.94 bits per heavy atom. The summed E-state index contributed by atoms with van der Waals surface area (Å²) in [4.78, 5) is 0.551. The van der Waals surface area contributed by atoms with Crippen molar-refractivity contribution in [3.05, 3.63) is 57.6 Å². The fourth-order valence-corrected chi connectivity index (χ4v) is 3.04. The third-order valence-corrected chi connectivity index (χ3v) is 4.56. The van der Waals surface area contributed by atoms with Gasteiger partial charge in [0.25, 0.3) is 0 Å². The lowest BCUT2D eigenvalue weighted by molar-refractivity contribution is 0.681. The number of rotatable bonds is 3. The Bertz CT molecular complexity index is 608. The van der Waals surface area contributed by atoms with Gasteiger partial charge in [-0.25, -0.2) is 8.99 Å². The molecule has 0 spiro atoms. The first-order valence-electron chi connectivity index (χ1n) is 5.14. The number of hydrogen-bond acceptors (Lipinski definition) is 3. The standard InChI is InChI=1S/C13H13NOS2/c1-11-2-4-13(5-3-11)17(14,15)9-7-12-6-8-16-10-12/h2-10,14H,1H3/b9-7+. The SMILES string of the molecule is Cc1ccc(S(=N)(=O)/C=C/c2ccsc2)cc1. The fourth-order valence-electron chi connectivity index (χ4n) is 1.36. The van der Waals surface area contributed by atoms with Gasteiger partial charge in [-0.15, -0.1) is 0 Å². The topological polar surface area (TPSA) is 40.9 Å². The Morgan fingerprint density at radius 3 is 2.53 bits per heavy atom. The second kappa shape index (κ2) is 4.85. The van der Waals surface area contributed by atoms with Crippen molar-refractivity contribution >= 4 is 27.1 Å². The molecule has 0 fully saturated rings. The number of aryl methyl sites for hydroxylation is 1. The van der Waals surface area contributed by atoms with E-state index >= 15 is 0 Å². The molecule has 1 aromatic heterocycles. The van der Waals surface area contributed by atoms with E-state index in [0.717, 1.165) is 11.1 Å². The van der Waals surface area contributed by atoms with Crippen molar-refractivity contribution in [2.75, 3.05) is 0 Å². The van der Waals surface area contributed by atoms with E-state index in [1.165, 1.54) is 5.41 Å². The first kappa shape index (κ1) is 12.1. The lowest BCUT2D eigenvalue weighted by Crippen LogP contribution is -1.93. The molecule has 0 aliphatic carbocycles. The molecule has 0 aliphatic heterocycles. The number of hydrogen-bond donors (Lipinski definition) is 1. The molecule has 0 radical (unpaired) electrons. The predicted octanol–water partition coefficient (Wildman–Crippen LogP) is 4.13. The minimum atomic E-state index is -2.83. The molecule has 4 heteroatoms. The predicted molar refractivity (Wildman–Crippen MR) is 73.7 cm³/mol. The van der Waals surface area contributed by atoms with Crippen molar-refractivity contribution in [1.82, 2.24) is 0 Å². The highest BCUT2D eigenvalue weighted by atomic mass is 32.2. The molecule has 0 bridgehead atoms. The van der Waals surface area contributed by atoms with Crippen molar-refractivity contribution in [2.45, 2.75) is 11.8 Å². The van der Waals surface area contributed by atoms with Gasteiger partial charge in [-0.05, 0) is 47.5 Å². The average molecular weight is 263 g/mol. The molecule has 0 aliphatic rings. The van der Waals surface area contributed by atoms with Crippen molar-refractivity contribution in [3.8, 4) is 0 Å². The van der Waals surface area contributed by atoms with Crippen LogP contribution < -0.4 is 0 Å². The molecule has 1 heterocycles. The highest BCUT2D eigenvalue weighted by Gasteiger charge is 2.05. The molecule has 2 rings (SSSR count). The maximum absolute atomic E-state index is 12.2. The van der Waals surface area contributed by atoms with E-state index in [0.29, 0.717) is 4.90 Å². The normalized spacial score (nSPS) is 14.9. The summed E-state index contributed by atoms with van der Waals surface area (Å²) >= 11 is 1.58. The van der Waals surface area contributed by atoms with Crippen molar-refractivity contribution in [1.29, 1.82) is 4.78 Å². The van der Waals surface area contributed by atoms with Crippen LogP contribution in [0.4, 0.5) is 0 Å².